The number of aromatic hydroxyl groups is 1. The third-order valence-electron chi connectivity index (χ3n) is 2.80. The molecule has 0 heterocycles. The molecule has 7 heteroatoms. The van der Waals surface area contributed by atoms with Gasteiger partial charge in [0.15, 0.2) is 0 Å². The van der Waals surface area contributed by atoms with Gasteiger partial charge in [0.05, 0.1) is 14.2 Å². The van der Waals surface area contributed by atoms with Gasteiger partial charge in [-0.15, -0.1) is 0 Å². The molecule has 0 aliphatic rings. The summed E-state index contributed by atoms with van der Waals surface area (Å²) in [5.74, 6) is 0.129. The Balaban J connectivity index is 2.38. The Bertz CT molecular complexity index is 747. The minimum Gasteiger partial charge on any atom is -0.506 e. The highest BCUT2D eigenvalue weighted by molar-refractivity contribution is 14.1. The Labute approximate surface area is 143 Å². The second-order valence-corrected chi connectivity index (χ2v) is 6.39. The summed E-state index contributed by atoms with van der Waals surface area (Å²) in [7, 11) is 0. The zero-order valence-corrected chi connectivity index (χ0v) is 14.6. The normalized spacial score (nSPS) is 11.0. The summed E-state index contributed by atoms with van der Waals surface area (Å²) in [6, 6.07) is 8.26. The molecular weight excluding hydrogens is 451 g/mol. The topological polar surface area (TPSA) is 75.7 Å². The molecule has 1 N–H and O–H groups in total. The van der Waals surface area contributed by atoms with Gasteiger partial charge in [-0.3, -0.25) is 15.1 Å². The Morgan fingerprint density at radius 1 is 1.38 bits per heavy atom. The van der Waals surface area contributed by atoms with Crippen molar-refractivity contribution in [1.29, 1.82) is 0 Å². The van der Waals surface area contributed by atoms with Crippen molar-refractivity contribution in [2.45, 2.75) is 6.92 Å². The first-order valence-corrected chi connectivity index (χ1v) is 7.73. The molecule has 0 saturated carbocycles. The van der Waals surface area contributed by atoms with E-state index < -0.39 is 4.92 Å². The fourth-order valence-corrected chi connectivity index (χ4v) is 3.25. The van der Waals surface area contributed by atoms with Crippen LogP contribution in [0.3, 0.4) is 0 Å². The number of hydrogen-bond acceptors (Lipinski definition) is 4. The van der Waals surface area contributed by atoms with Crippen LogP contribution >= 0.6 is 38.5 Å². The molecule has 0 radical (unpaired) electrons. The number of halogens is 2. The van der Waals surface area contributed by atoms with Crippen molar-refractivity contribution in [3.05, 3.63) is 59.6 Å². The lowest BCUT2D eigenvalue weighted by atomic mass is 10.2. The average Bonchev–Trinajstić information content (AvgIpc) is 2.42. The molecule has 0 fully saturated rings. The van der Waals surface area contributed by atoms with Gasteiger partial charge in [0, 0.05) is 27.9 Å². The predicted octanol–water partition coefficient (Wildman–Crippen LogP) is 4.73. The highest BCUT2D eigenvalue weighted by Crippen LogP contribution is 2.29. The van der Waals surface area contributed by atoms with E-state index in [1.165, 1.54) is 12.3 Å². The number of nitro benzene ring substituents is 1. The molecule has 0 aliphatic carbocycles. The quantitative estimate of drug-likeness (QED) is 0.311. The number of rotatable bonds is 3. The number of hydrogen-bond donors (Lipinski definition) is 1. The van der Waals surface area contributed by atoms with Crippen molar-refractivity contribution in [2.75, 3.05) is 0 Å². The van der Waals surface area contributed by atoms with Gasteiger partial charge < -0.3 is 5.11 Å². The van der Waals surface area contributed by atoms with E-state index in [1.807, 2.05) is 22.6 Å². The van der Waals surface area contributed by atoms with Crippen molar-refractivity contribution in [2.24, 2.45) is 4.99 Å². The fraction of sp³-hybridized carbons (Fsp3) is 0.0714. The van der Waals surface area contributed by atoms with Crippen LogP contribution in [-0.4, -0.2) is 16.2 Å². The maximum Gasteiger partial charge on any atom is 0.274 e. The Kier molecular flexibility index (Phi) is 4.94. The predicted molar refractivity (Wildman–Crippen MR) is 93.6 cm³/mol. The minimum atomic E-state index is -0.437. The number of nitrogens with zero attached hydrogens (tertiary/aromatic N) is 2. The number of phenolic OH excluding ortho intramolecular Hbond substituents is 1. The maximum absolute atomic E-state index is 10.9. The molecule has 0 aromatic heterocycles. The lowest BCUT2D eigenvalue weighted by Gasteiger charge is -2.03. The van der Waals surface area contributed by atoms with E-state index in [4.69, 9.17) is 0 Å². The van der Waals surface area contributed by atoms with Crippen LogP contribution in [0.1, 0.15) is 11.1 Å². The third kappa shape index (κ3) is 3.79. The van der Waals surface area contributed by atoms with Crippen LogP contribution in [-0.2, 0) is 0 Å². The Morgan fingerprint density at radius 2 is 2.10 bits per heavy atom. The van der Waals surface area contributed by atoms with Crippen LogP contribution in [0, 0.1) is 20.6 Å². The molecule has 5 nitrogen and oxygen atoms in total. The van der Waals surface area contributed by atoms with Gasteiger partial charge in [0.2, 0.25) is 0 Å². The second kappa shape index (κ2) is 6.52. The summed E-state index contributed by atoms with van der Waals surface area (Å²) in [4.78, 5) is 14.7. The van der Waals surface area contributed by atoms with E-state index in [0.29, 0.717) is 20.4 Å². The molecule has 21 heavy (non-hydrogen) atoms. The Hall–Kier alpha value is -1.48. The molecule has 0 unspecified atom stereocenters. The van der Waals surface area contributed by atoms with Crippen LogP contribution < -0.4 is 0 Å². The molecule has 2 rings (SSSR count). The summed E-state index contributed by atoms with van der Waals surface area (Å²) >= 11 is 5.36. The van der Waals surface area contributed by atoms with Gasteiger partial charge in [-0.2, -0.15) is 0 Å². The molecule has 2 aromatic rings. The van der Waals surface area contributed by atoms with Crippen LogP contribution in [0.4, 0.5) is 11.4 Å². The van der Waals surface area contributed by atoms with Gasteiger partial charge >= 0.3 is 0 Å². The summed E-state index contributed by atoms with van der Waals surface area (Å²) in [6.07, 6.45) is 1.48. The second-order valence-electron chi connectivity index (χ2n) is 4.31. The first-order chi connectivity index (χ1) is 9.88. The first-order valence-electron chi connectivity index (χ1n) is 5.85. The van der Waals surface area contributed by atoms with E-state index in [9.17, 15) is 15.2 Å². The molecule has 2 aromatic carbocycles. The molecule has 0 spiro atoms. The van der Waals surface area contributed by atoms with E-state index in [-0.39, 0.29) is 11.4 Å². The maximum atomic E-state index is 10.9. The minimum absolute atomic E-state index is 0.0256. The zero-order chi connectivity index (χ0) is 15.6. The number of aliphatic imine (C=N–C) groups is 1. The lowest BCUT2D eigenvalue weighted by Crippen LogP contribution is -1.91. The number of phenols is 1. The summed E-state index contributed by atoms with van der Waals surface area (Å²) in [5, 5.41) is 20.9. The smallest absolute Gasteiger partial charge is 0.274 e. The van der Waals surface area contributed by atoms with Crippen molar-refractivity contribution in [3.63, 3.8) is 0 Å². The monoisotopic (exact) mass is 460 g/mol. The fourth-order valence-electron chi connectivity index (χ4n) is 1.70. The zero-order valence-electron chi connectivity index (χ0n) is 10.9. The molecule has 0 saturated heterocycles. The number of aryl methyl sites for hydroxylation is 1. The van der Waals surface area contributed by atoms with E-state index >= 15 is 0 Å². The van der Waals surface area contributed by atoms with Gasteiger partial charge in [-0.25, -0.2) is 0 Å². The molecular formula is C14H10BrIN2O3. The van der Waals surface area contributed by atoms with Crippen molar-refractivity contribution >= 4 is 56.1 Å². The lowest BCUT2D eigenvalue weighted by molar-refractivity contribution is -0.385. The van der Waals surface area contributed by atoms with Gasteiger partial charge in [-0.05, 0) is 47.7 Å². The molecule has 0 aliphatic heterocycles. The average molecular weight is 461 g/mol. The van der Waals surface area contributed by atoms with Gasteiger partial charge in [0.25, 0.3) is 5.69 Å². The van der Waals surface area contributed by atoms with Crippen LogP contribution in [0.15, 0.2) is 39.8 Å². The summed E-state index contributed by atoms with van der Waals surface area (Å²) < 4.78 is 1.51. The summed E-state index contributed by atoms with van der Waals surface area (Å²) in [6.45, 7) is 1.67. The first kappa shape index (κ1) is 15.9. The van der Waals surface area contributed by atoms with Crippen molar-refractivity contribution < 1.29 is 10.0 Å². The number of benzene rings is 2. The SMILES string of the molecule is Cc1ccc(N=Cc2cc(Br)cc(I)c2O)cc1[N+](=O)[O-]. The highest BCUT2D eigenvalue weighted by atomic mass is 127. The van der Waals surface area contributed by atoms with Crippen LogP contribution in [0.5, 0.6) is 5.75 Å². The number of nitro groups is 1. The van der Waals surface area contributed by atoms with E-state index in [2.05, 4.69) is 20.9 Å². The van der Waals surface area contributed by atoms with Crippen LogP contribution in [0.2, 0.25) is 0 Å². The van der Waals surface area contributed by atoms with Crippen molar-refractivity contribution in [1.82, 2.24) is 0 Å². The highest BCUT2D eigenvalue weighted by Gasteiger charge is 2.10. The molecule has 0 atom stereocenters. The summed E-state index contributed by atoms with van der Waals surface area (Å²) in [5.41, 5.74) is 1.61. The van der Waals surface area contributed by atoms with E-state index in [0.717, 1.165) is 4.47 Å². The third-order valence-corrected chi connectivity index (χ3v) is 4.08. The van der Waals surface area contributed by atoms with Gasteiger partial charge in [0.1, 0.15) is 5.75 Å². The molecule has 108 valence electrons. The van der Waals surface area contributed by atoms with Gasteiger partial charge in [-0.1, -0.05) is 22.0 Å². The van der Waals surface area contributed by atoms with E-state index in [1.54, 1.807) is 31.2 Å². The Morgan fingerprint density at radius 3 is 2.76 bits per heavy atom. The standard InChI is InChI=1S/C14H10BrIN2O3/c1-8-2-3-11(6-13(8)18(20)21)17-7-9-4-10(15)5-12(16)14(9)19/h2-7,19H,1H3. The molecule has 0 bridgehead atoms. The largest absolute Gasteiger partial charge is 0.506 e. The van der Waals surface area contributed by atoms with Crippen molar-refractivity contribution in [3.8, 4) is 5.75 Å². The molecule has 0 amide bonds. The van der Waals surface area contributed by atoms with Crippen LogP contribution in [0.25, 0.3) is 0 Å².